The predicted molar refractivity (Wildman–Crippen MR) is 91.1 cm³/mol. The van der Waals surface area contributed by atoms with Crippen molar-refractivity contribution in [3.05, 3.63) is 24.3 Å². The Hall–Kier alpha value is -0.560. The van der Waals surface area contributed by atoms with Crippen LogP contribution in [0.2, 0.25) is 0 Å². The molecule has 0 amide bonds. The number of allylic oxidation sites excluding steroid dienone is 3. The topological polar surface area (TPSA) is 20.2 Å². The maximum absolute atomic E-state index is 11.0. The second-order valence-electron chi connectivity index (χ2n) is 8.74. The monoisotopic (exact) mass is 290 g/mol. The molecule has 2 saturated carbocycles. The van der Waals surface area contributed by atoms with E-state index in [2.05, 4.69) is 47.3 Å². The third-order valence-corrected chi connectivity index (χ3v) is 6.76. The van der Waals surface area contributed by atoms with Crippen molar-refractivity contribution in [3.8, 4) is 0 Å². The molecular weight excluding hydrogens is 256 g/mol. The van der Waals surface area contributed by atoms with Crippen LogP contribution in [0.5, 0.6) is 0 Å². The predicted octanol–water partition coefficient (Wildman–Crippen LogP) is 5.50. The number of hydrogen-bond acceptors (Lipinski definition) is 1. The first kappa shape index (κ1) is 16.8. The minimum absolute atomic E-state index is 0.265. The van der Waals surface area contributed by atoms with Crippen molar-refractivity contribution < 1.29 is 5.11 Å². The van der Waals surface area contributed by atoms with Gasteiger partial charge in [-0.2, -0.15) is 0 Å². The van der Waals surface area contributed by atoms with E-state index in [-0.39, 0.29) is 5.41 Å². The maximum atomic E-state index is 11.0. The fourth-order valence-corrected chi connectivity index (χ4v) is 5.53. The van der Waals surface area contributed by atoms with E-state index in [1.54, 1.807) is 0 Å². The van der Waals surface area contributed by atoms with E-state index in [1.165, 1.54) is 31.3 Å². The fourth-order valence-electron chi connectivity index (χ4n) is 5.53. The number of fused-ring (bicyclic) bond motifs is 1. The van der Waals surface area contributed by atoms with Gasteiger partial charge in [0.1, 0.15) is 0 Å². The molecule has 0 bridgehead atoms. The van der Waals surface area contributed by atoms with Gasteiger partial charge in [0.15, 0.2) is 0 Å². The number of hydrogen-bond donors (Lipinski definition) is 1. The minimum Gasteiger partial charge on any atom is -0.390 e. The molecule has 2 aliphatic rings. The summed E-state index contributed by atoms with van der Waals surface area (Å²) in [5.41, 5.74) is 1.38. The highest BCUT2D eigenvalue weighted by Crippen LogP contribution is 2.62. The van der Waals surface area contributed by atoms with Crippen LogP contribution in [0.4, 0.5) is 0 Å². The van der Waals surface area contributed by atoms with Crippen LogP contribution in [0, 0.1) is 22.7 Å². The molecule has 1 nitrogen and oxygen atoms in total. The van der Waals surface area contributed by atoms with Crippen molar-refractivity contribution in [2.45, 2.75) is 78.7 Å². The van der Waals surface area contributed by atoms with Gasteiger partial charge in [-0.25, -0.2) is 0 Å². The standard InChI is InChI=1S/C20H34O/c1-7-15(2)9-10-17-19(5)13-8-12-18(3,4)16(19)11-14-20(17,6)21/h7,9,16-17,21H,1,8,10-14H2,2-6H3/b15-9+/t16-,17-,19+,20+/m0/s1. The molecule has 0 radical (unpaired) electrons. The highest BCUT2D eigenvalue weighted by molar-refractivity contribution is 5.15. The minimum atomic E-state index is -0.531. The summed E-state index contributed by atoms with van der Waals surface area (Å²) < 4.78 is 0. The van der Waals surface area contributed by atoms with Crippen LogP contribution in [0.25, 0.3) is 0 Å². The van der Waals surface area contributed by atoms with Crippen molar-refractivity contribution in [3.63, 3.8) is 0 Å². The summed E-state index contributed by atoms with van der Waals surface area (Å²) >= 11 is 0. The zero-order valence-corrected chi connectivity index (χ0v) is 14.7. The largest absolute Gasteiger partial charge is 0.390 e. The molecule has 4 atom stereocenters. The van der Waals surface area contributed by atoms with Crippen LogP contribution in [0.15, 0.2) is 24.3 Å². The first-order valence-electron chi connectivity index (χ1n) is 8.65. The Morgan fingerprint density at radius 1 is 1.19 bits per heavy atom. The zero-order valence-electron chi connectivity index (χ0n) is 14.7. The van der Waals surface area contributed by atoms with Gasteiger partial charge in [-0.05, 0) is 68.6 Å². The van der Waals surface area contributed by atoms with Gasteiger partial charge in [0.2, 0.25) is 0 Å². The van der Waals surface area contributed by atoms with Gasteiger partial charge in [-0.3, -0.25) is 0 Å². The molecule has 1 heteroatoms. The summed E-state index contributed by atoms with van der Waals surface area (Å²) in [7, 11) is 0. The van der Waals surface area contributed by atoms with E-state index < -0.39 is 5.60 Å². The molecule has 0 saturated heterocycles. The molecule has 0 aromatic heterocycles. The number of aliphatic hydroxyl groups is 1. The van der Waals surface area contributed by atoms with Crippen molar-refractivity contribution >= 4 is 0 Å². The van der Waals surface area contributed by atoms with Crippen LogP contribution >= 0.6 is 0 Å². The van der Waals surface area contributed by atoms with Crippen molar-refractivity contribution in [1.82, 2.24) is 0 Å². The van der Waals surface area contributed by atoms with Crippen LogP contribution in [-0.2, 0) is 0 Å². The molecule has 21 heavy (non-hydrogen) atoms. The smallest absolute Gasteiger partial charge is 0.0656 e. The lowest BCUT2D eigenvalue weighted by atomic mass is 9.45. The molecule has 0 aromatic rings. The lowest BCUT2D eigenvalue weighted by Gasteiger charge is -2.61. The maximum Gasteiger partial charge on any atom is 0.0656 e. The Kier molecular flexibility index (Phi) is 4.46. The second kappa shape index (κ2) is 5.57. The van der Waals surface area contributed by atoms with Crippen LogP contribution in [-0.4, -0.2) is 10.7 Å². The first-order chi connectivity index (χ1) is 9.63. The van der Waals surface area contributed by atoms with Crippen molar-refractivity contribution in [1.29, 1.82) is 0 Å². The van der Waals surface area contributed by atoms with Gasteiger partial charge in [0, 0.05) is 0 Å². The van der Waals surface area contributed by atoms with Gasteiger partial charge >= 0.3 is 0 Å². The van der Waals surface area contributed by atoms with Crippen LogP contribution in [0.1, 0.15) is 73.1 Å². The summed E-state index contributed by atoms with van der Waals surface area (Å²) in [6, 6.07) is 0. The Balaban J connectivity index is 2.35. The molecule has 0 unspecified atom stereocenters. The summed E-state index contributed by atoms with van der Waals surface area (Å²) in [5, 5.41) is 11.0. The van der Waals surface area contributed by atoms with Crippen molar-refractivity contribution in [2.75, 3.05) is 0 Å². The highest BCUT2D eigenvalue weighted by Gasteiger charge is 2.57. The molecule has 1 N–H and O–H groups in total. The third kappa shape index (κ3) is 2.99. The Labute approximate surface area is 131 Å². The highest BCUT2D eigenvalue weighted by atomic mass is 16.3. The summed E-state index contributed by atoms with van der Waals surface area (Å²) in [5.74, 6) is 1.10. The van der Waals surface area contributed by atoms with Crippen LogP contribution in [0.3, 0.4) is 0 Å². The van der Waals surface area contributed by atoms with E-state index in [0.29, 0.717) is 11.3 Å². The van der Waals surface area contributed by atoms with E-state index in [1.807, 2.05) is 6.08 Å². The molecule has 0 aliphatic heterocycles. The number of rotatable bonds is 3. The second-order valence-corrected chi connectivity index (χ2v) is 8.74. The zero-order chi connectivity index (χ0) is 15.9. The molecule has 0 heterocycles. The average Bonchev–Trinajstić information content (AvgIpc) is 2.35. The quantitative estimate of drug-likeness (QED) is 0.680. The van der Waals surface area contributed by atoms with E-state index in [9.17, 15) is 5.11 Å². The molecule has 2 aliphatic carbocycles. The average molecular weight is 290 g/mol. The molecule has 0 aromatic carbocycles. The lowest BCUT2D eigenvalue weighted by molar-refractivity contribution is -0.165. The van der Waals surface area contributed by atoms with Gasteiger partial charge in [0.05, 0.1) is 5.60 Å². The van der Waals surface area contributed by atoms with Crippen LogP contribution < -0.4 is 0 Å². The SMILES string of the molecule is C=C/C(C)=C/C[C@H]1[C@]2(C)CCCC(C)(C)[C@@H]2CC[C@@]1(C)O. The van der Waals surface area contributed by atoms with E-state index in [4.69, 9.17) is 0 Å². The summed E-state index contributed by atoms with van der Waals surface area (Å²) in [6.07, 6.45) is 11.2. The Morgan fingerprint density at radius 2 is 1.86 bits per heavy atom. The Bertz CT molecular complexity index is 429. The summed E-state index contributed by atoms with van der Waals surface area (Å²) in [6.45, 7) is 15.4. The molecule has 120 valence electrons. The van der Waals surface area contributed by atoms with E-state index >= 15 is 0 Å². The molecule has 0 spiro atoms. The molecular formula is C20H34O. The van der Waals surface area contributed by atoms with Gasteiger partial charge in [-0.15, -0.1) is 0 Å². The molecule has 2 fully saturated rings. The Morgan fingerprint density at radius 3 is 2.48 bits per heavy atom. The summed E-state index contributed by atoms with van der Waals surface area (Å²) in [4.78, 5) is 0. The van der Waals surface area contributed by atoms with Gasteiger partial charge in [0.25, 0.3) is 0 Å². The van der Waals surface area contributed by atoms with E-state index in [0.717, 1.165) is 18.8 Å². The molecule has 2 rings (SSSR count). The normalized spacial score (nSPS) is 43.2. The lowest BCUT2D eigenvalue weighted by Crippen LogP contribution is -2.57. The van der Waals surface area contributed by atoms with Gasteiger partial charge < -0.3 is 5.11 Å². The van der Waals surface area contributed by atoms with Gasteiger partial charge in [-0.1, -0.05) is 51.5 Å². The fraction of sp³-hybridized carbons (Fsp3) is 0.800. The third-order valence-electron chi connectivity index (χ3n) is 6.76. The first-order valence-corrected chi connectivity index (χ1v) is 8.65. The van der Waals surface area contributed by atoms with Crippen molar-refractivity contribution in [2.24, 2.45) is 22.7 Å².